The van der Waals surface area contributed by atoms with Crippen molar-refractivity contribution in [1.82, 2.24) is 10.2 Å². The maximum Gasteiger partial charge on any atom is 0.0272 e. The first-order chi connectivity index (χ1) is 9.10. The minimum Gasteiger partial charge on any atom is -0.312 e. The Bertz CT molecular complexity index is 229. The van der Waals surface area contributed by atoms with Gasteiger partial charge in [0.1, 0.15) is 0 Å². The quantitative estimate of drug-likeness (QED) is 0.671. The van der Waals surface area contributed by atoms with Gasteiger partial charge < -0.3 is 10.2 Å². The molecule has 0 aromatic rings. The molecule has 4 unspecified atom stereocenters. The lowest BCUT2D eigenvalue weighted by Gasteiger charge is -2.45. The molecule has 1 aliphatic carbocycles. The van der Waals surface area contributed by atoms with Crippen molar-refractivity contribution >= 4 is 0 Å². The van der Waals surface area contributed by atoms with Crippen LogP contribution in [0.25, 0.3) is 0 Å². The molecule has 1 saturated carbocycles. The van der Waals surface area contributed by atoms with E-state index in [4.69, 9.17) is 0 Å². The summed E-state index contributed by atoms with van der Waals surface area (Å²) in [6, 6.07) is 1.44. The van der Waals surface area contributed by atoms with E-state index in [1.165, 1.54) is 51.6 Å². The van der Waals surface area contributed by atoms with Gasteiger partial charge in [0.05, 0.1) is 0 Å². The summed E-state index contributed by atoms with van der Waals surface area (Å²) < 4.78 is 0. The molecule has 0 heterocycles. The fraction of sp³-hybridized carbons (Fsp3) is 1.00. The number of likely N-dealkylation sites (N-methyl/N-ethyl adjacent to an activating group) is 1. The van der Waals surface area contributed by atoms with E-state index >= 15 is 0 Å². The second kappa shape index (κ2) is 8.97. The summed E-state index contributed by atoms with van der Waals surface area (Å²) in [7, 11) is 2.34. The van der Waals surface area contributed by atoms with E-state index in [0.717, 1.165) is 17.9 Å². The molecule has 0 aliphatic heterocycles. The van der Waals surface area contributed by atoms with Crippen molar-refractivity contribution in [2.75, 3.05) is 20.1 Å². The molecule has 1 aliphatic rings. The molecule has 2 heteroatoms. The molecule has 2 nitrogen and oxygen atoms in total. The lowest BCUT2D eigenvalue weighted by atomic mass is 9.76. The topological polar surface area (TPSA) is 15.3 Å². The van der Waals surface area contributed by atoms with Gasteiger partial charge in [-0.25, -0.2) is 0 Å². The fourth-order valence-corrected chi connectivity index (χ4v) is 3.88. The third-order valence-corrected chi connectivity index (χ3v) is 4.71. The van der Waals surface area contributed by atoms with Gasteiger partial charge >= 0.3 is 0 Å². The Kier molecular flexibility index (Phi) is 8.01. The van der Waals surface area contributed by atoms with Crippen LogP contribution in [0.2, 0.25) is 0 Å². The summed E-state index contributed by atoms with van der Waals surface area (Å²) in [5, 5.41) is 3.81. The van der Waals surface area contributed by atoms with Crippen molar-refractivity contribution in [2.24, 2.45) is 11.8 Å². The highest BCUT2D eigenvalue weighted by molar-refractivity contribution is 4.93. The Morgan fingerprint density at radius 3 is 2.42 bits per heavy atom. The molecule has 0 bridgehead atoms. The molecular weight excluding hydrogens is 232 g/mol. The van der Waals surface area contributed by atoms with E-state index in [0.29, 0.717) is 6.04 Å². The Labute approximate surface area is 121 Å². The van der Waals surface area contributed by atoms with Crippen molar-refractivity contribution in [2.45, 2.75) is 78.3 Å². The predicted molar refractivity (Wildman–Crippen MR) is 85.6 cm³/mol. The number of unbranched alkanes of at least 4 members (excludes halogenated alkanes) is 2. The largest absolute Gasteiger partial charge is 0.312 e. The molecule has 0 amide bonds. The monoisotopic (exact) mass is 268 g/mol. The van der Waals surface area contributed by atoms with Crippen LogP contribution >= 0.6 is 0 Å². The zero-order chi connectivity index (χ0) is 14.3. The maximum absolute atomic E-state index is 3.81. The van der Waals surface area contributed by atoms with Gasteiger partial charge in [-0.05, 0) is 57.7 Å². The van der Waals surface area contributed by atoms with Gasteiger partial charge in [-0.15, -0.1) is 0 Å². The van der Waals surface area contributed by atoms with Crippen LogP contribution in [0, 0.1) is 11.8 Å². The second-order valence-electron chi connectivity index (χ2n) is 6.79. The van der Waals surface area contributed by atoms with E-state index in [-0.39, 0.29) is 0 Å². The molecule has 1 N–H and O–H groups in total. The highest BCUT2D eigenvalue weighted by Gasteiger charge is 2.35. The van der Waals surface area contributed by atoms with Crippen molar-refractivity contribution in [3.05, 3.63) is 0 Å². The Balaban J connectivity index is 2.56. The van der Waals surface area contributed by atoms with Crippen LogP contribution in [0.4, 0.5) is 0 Å². The molecule has 0 radical (unpaired) electrons. The van der Waals surface area contributed by atoms with Crippen molar-refractivity contribution in [3.63, 3.8) is 0 Å². The summed E-state index contributed by atoms with van der Waals surface area (Å²) in [6.45, 7) is 11.9. The molecule has 0 saturated heterocycles. The lowest BCUT2D eigenvalue weighted by molar-refractivity contribution is 0.0792. The van der Waals surface area contributed by atoms with Gasteiger partial charge in [0.2, 0.25) is 0 Å². The molecule has 114 valence electrons. The Hall–Kier alpha value is -0.0800. The molecule has 0 spiro atoms. The zero-order valence-electron chi connectivity index (χ0n) is 13.9. The fourth-order valence-electron chi connectivity index (χ4n) is 3.88. The van der Waals surface area contributed by atoms with Crippen molar-refractivity contribution in [1.29, 1.82) is 0 Å². The molecule has 4 atom stereocenters. The number of nitrogens with zero attached hydrogens (tertiary/aromatic N) is 1. The maximum atomic E-state index is 3.81. The zero-order valence-corrected chi connectivity index (χ0v) is 13.9. The third kappa shape index (κ3) is 5.43. The third-order valence-electron chi connectivity index (χ3n) is 4.71. The number of rotatable bonds is 8. The van der Waals surface area contributed by atoms with Gasteiger partial charge in [0, 0.05) is 12.1 Å². The normalized spacial score (nSPS) is 31.9. The first-order valence-corrected chi connectivity index (χ1v) is 8.53. The van der Waals surface area contributed by atoms with Crippen LogP contribution in [-0.4, -0.2) is 37.1 Å². The van der Waals surface area contributed by atoms with Crippen LogP contribution in [0.1, 0.15) is 66.2 Å². The summed E-state index contributed by atoms with van der Waals surface area (Å²) >= 11 is 0. The predicted octanol–water partition coefficient (Wildman–Crippen LogP) is 3.91. The van der Waals surface area contributed by atoms with Gasteiger partial charge in [-0.2, -0.15) is 0 Å². The standard InChI is InChI=1S/C17H36N2/c1-6-8-9-11-19(5)17-15(4)12-14(3)13-16(17)18-10-7-2/h14-18H,6-13H2,1-5H3. The molecule has 19 heavy (non-hydrogen) atoms. The SMILES string of the molecule is CCCCCN(C)C1C(C)CC(C)CC1NCCC. The first-order valence-electron chi connectivity index (χ1n) is 8.53. The average Bonchev–Trinajstić information content (AvgIpc) is 2.35. The summed E-state index contributed by atoms with van der Waals surface area (Å²) in [4.78, 5) is 2.64. The first kappa shape index (κ1) is 17.0. The number of hydrogen-bond donors (Lipinski definition) is 1. The van der Waals surface area contributed by atoms with Crippen molar-refractivity contribution < 1.29 is 0 Å². The van der Waals surface area contributed by atoms with Crippen LogP contribution in [-0.2, 0) is 0 Å². The average molecular weight is 268 g/mol. The van der Waals surface area contributed by atoms with Crippen LogP contribution in [0.15, 0.2) is 0 Å². The second-order valence-corrected chi connectivity index (χ2v) is 6.79. The summed E-state index contributed by atoms with van der Waals surface area (Å²) in [5.74, 6) is 1.70. The van der Waals surface area contributed by atoms with Crippen molar-refractivity contribution in [3.8, 4) is 0 Å². The van der Waals surface area contributed by atoms with E-state index in [1.807, 2.05) is 0 Å². The van der Waals surface area contributed by atoms with Crippen LogP contribution in [0.3, 0.4) is 0 Å². The number of nitrogens with one attached hydrogen (secondary N) is 1. The molecule has 1 rings (SSSR count). The minimum absolute atomic E-state index is 0.699. The van der Waals surface area contributed by atoms with Gasteiger partial charge in [-0.3, -0.25) is 0 Å². The van der Waals surface area contributed by atoms with Crippen LogP contribution in [0.5, 0.6) is 0 Å². The highest BCUT2D eigenvalue weighted by atomic mass is 15.2. The minimum atomic E-state index is 0.699. The van der Waals surface area contributed by atoms with Gasteiger partial charge in [-0.1, -0.05) is 40.5 Å². The smallest absolute Gasteiger partial charge is 0.0272 e. The lowest BCUT2D eigenvalue weighted by Crippen LogP contribution is -2.55. The van der Waals surface area contributed by atoms with E-state index in [1.54, 1.807) is 0 Å². The molecule has 0 aromatic heterocycles. The van der Waals surface area contributed by atoms with E-state index < -0.39 is 0 Å². The Morgan fingerprint density at radius 2 is 1.79 bits per heavy atom. The molecule has 1 fully saturated rings. The molecule has 0 aromatic carbocycles. The molecular formula is C17H36N2. The van der Waals surface area contributed by atoms with Gasteiger partial charge in [0.25, 0.3) is 0 Å². The van der Waals surface area contributed by atoms with Crippen LogP contribution < -0.4 is 5.32 Å². The van der Waals surface area contributed by atoms with E-state index in [2.05, 4.69) is 45.0 Å². The number of hydrogen-bond acceptors (Lipinski definition) is 2. The van der Waals surface area contributed by atoms with Gasteiger partial charge in [0.15, 0.2) is 0 Å². The van der Waals surface area contributed by atoms with E-state index in [9.17, 15) is 0 Å². The summed E-state index contributed by atoms with van der Waals surface area (Å²) in [6.07, 6.45) is 8.04. The Morgan fingerprint density at radius 1 is 1.05 bits per heavy atom. The highest BCUT2D eigenvalue weighted by Crippen LogP contribution is 2.32. The summed E-state index contributed by atoms with van der Waals surface area (Å²) in [5.41, 5.74) is 0.